The predicted molar refractivity (Wildman–Crippen MR) is 52.5 cm³/mol. The molecule has 0 saturated carbocycles. The molecule has 0 N–H and O–H groups in total. The molecule has 3 nitrogen and oxygen atoms in total. The summed E-state index contributed by atoms with van der Waals surface area (Å²) in [6.07, 6.45) is 4.05. The summed E-state index contributed by atoms with van der Waals surface area (Å²) < 4.78 is 27.6. The SMILES string of the molecule is CCCCCOC1CCS(=O)(=O)C1. The Morgan fingerprint density at radius 3 is 2.69 bits per heavy atom. The average molecular weight is 206 g/mol. The number of rotatable bonds is 5. The summed E-state index contributed by atoms with van der Waals surface area (Å²) in [5.41, 5.74) is 0. The van der Waals surface area contributed by atoms with Gasteiger partial charge in [-0.2, -0.15) is 0 Å². The van der Waals surface area contributed by atoms with E-state index in [0.29, 0.717) is 18.8 Å². The van der Waals surface area contributed by atoms with E-state index < -0.39 is 9.84 Å². The van der Waals surface area contributed by atoms with E-state index in [9.17, 15) is 8.42 Å². The molecule has 1 aliphatic heterocycles. The first kappa shape index (κ1) is 11.0. The van der Waals surface area contributed by atoms with Crippen molar-refractivity contribution in [1.29, 1.82) is 0 Å². The molecule has 1 atom stereocenters. The van der Waals surface area contributed by atoms with Crippen molar-refractivity contribution >= 4 is 9.84 Å². The largest absolute Gasteiger partial charge is 0.377 e. The van der Waals surface area contributed by atoms with Crippen LogP contribution in [0.4, 0.5) is 0 Å². The van der Waals surface area contributed by atoms with Gasteiger partial charge in [0, 0.05) is 6.61 Å². The third-order valence-corrected chi connectivity index (χ3v) is 4.03. The fourth-order valence-electron chi connectivity index (χ4n) is 1.49. The summed E-state index contributed by atoms with van der Waals surface area (Å²) in [4.78, 5) is 0. The van der Waals surface area contributed by atoms with Crippen molar-refractivity contribution in [2.45, 2.75) is 38.7 Å². The molecule has 1 unspecified atom stereocenters. The molecule has 0 aromatic rings. The normalized spacial score (nSPS) is 26.4. The van der Waals surface area contributed by atoms with Gasteiger partial charge in [0.05, 0.1) is 17.6 Å². The highest BCUT2D eigenvalue weighted by Gasteiger charge is 2.27. The Morgan fingerprint density at radius 2 is 2.15 bits per heavy atom. The Morgan fingerprint density at radius 1 is 1.38 bits per heavy atom. The minimum atomic E-state index is -2.76. The molecule has 0 spiro atoms. The summed E-state index contributed by atoms with van der Waals surface area (Å²) in [5.74, 6) is 0.546. The molecule has 0 radical (unpaired) electrons. The van der Waals surface area contributed by atoms with Gasteiger partial charge >= 0.3 is 0 Å². The van der Waals surface area contributed by atoms with E-state index in [1.165, 1.54) is 12.8 Å². The van der Waals surface area contributed by atoms with Gasteiger partial charge < -0.3 is 4.74 Å². The van der Waals surface area contributed by atoms with Gasteiger partial charge in [0.25, 0.3) is 0 Å². The quantitative estimate of drug-likeness (QED) is 0.638. The van der Waals surface area contributed by atoms with E-state index in [1.54, 1.807) is 0 Å². The number of sulfone groups is 1. The molecular formula is C9H18O3S. The van der Waals surface area contributed by atoms with Crippen LogP contribution in [0.15, 0.2) is 0 Å². The maximum absolute atomic E-state index is 11.0. The molecule has 1 fully saturated rings. The molecule has 1 saturated heterocycles. The Bertz CT molecular complexity index is 233. The van der Waals surface area contributed by atoms with Crippen LogP contribution in [-0.4, -0.2) is 32.6 Å². The molecule has 0 amide bonds. The molecule has 1 rings (SSSR count). The lowest BCUT2D eigenvalue weighted by Gasteiger charge is -2.08. The fraction of sp³-hybridized carbons (Fsp3) is 1.00. The van der Waals surface area contributed by atoms with Gasteiger partial charge in [-0.3, -0.25) is 0 Å². The summed E-state index contributed by atoms with van der Waals surface area (Å²) in [7, 11) is -2.76. The summed E-state index contributed by atoms with van der Waals surface area (Å²) in [5, 5.41) is 0. The number of unbranched alkanes of at least 4 members (excludes halogenated alkanes) is 2. The van der Waals surface area contributed by atoms with E-state index >= 15 is 0 Å². The van der Waals surface area contributed by atoms with Gasteiger partial charge in [-0.25, -0.2) is 8.42 Å². The first-order chi connectivity index (χ1) is 6.14. The van der Waals surface area contributed by atoms with Crippen LogP contribution < -0.4 is 0 Å². The Kier molecular flexibility index (Phi) is 4.19. The molecule has 13 heavy (non-hydrogen) atoms. The average Bonchev–Trinajstić information content (AvgIpc) is 2.40. The highest BCUT2D eigenvalue weighted by molar-refractivity contribution is 7.91. The minimum absolute atomic E-state index is 0.0261. The second kappa shape index (κ2) is 4.96. The van der Waals surface area contributed by atoms with Crippen molar-refractivity contribution in [3.05, 3.63) is 0 Å². The highest BCUT2D eigenvalue weighted by atomic mass is 32.2. The van der Waals surface area contributed by atoms with Crippen LogP contribution in [0.3, 0.4) is 0 Å². The number of hydrogen-bond donors (Lipinski definition) is 0. The zero-order valence-electron chi connectivity index (χ0n) is 8.16. The highest BCUT2D eigenvalue weighted by Crippen LogP contribution is 2.15. The maximum atomic E-state index is 11.0. The van der Waals surface area contributed by atoms with E-state index in [2.05, 4.69) is 6.92 Å². The summed E-state index contributed by atoms with van der Waals surface area (Å²) in [6, 6.07) is 0. The molecule has 1 aliphatic rings. The zero-order chi connectivity index (χ0) is 9.73. The van der Waals surface area contributed by atoms with Crippen molar-refractivity contribution < 1.29 is 13.2 Å². The van der Waals surface area contributed by atoms with E-state index in [4.69, 9.17) is 4.74 Å². The van der Waals surface area contributed by atoms with Crippen LogP contribution in [0.2, 0.25) is 0 Å². The van der Waals surface area contributed by atoms with E-state index in [0.717, 1.165) is 6.42 Å². The van der Waals surface area contributed by atoms with Crippen LogP contribution in [-0.2, 0) is 14.6 Å². The first-order valence-electron chi connectivity index (χ1n) is 4.96. The van der Waals surface area contributed by atoms with E-state index in [-0.39, 0.29) is 11.9 Å². The van der Waals surface area contributed by atoms with Crippen LogP contribution in [0.25, 0.3) is 0 Å². The summed E-state index contributed by atoms with van der Waals surface area (Å²) >= 11 is 0. The van der Waals surface area contributed by atoms with Gasteiger partial charge in [0.1, 0.15) is 0 Å². The van der Waals surface area contributed by atoms with Crippen molar-refractivity contribution in [2.24, 2.45) is 0 Å². The Balaban J connectivity index is 2.11. The Hall–Kier alpha value is -0.0900. The lowest BCUT2D eigenvalue weighted by molar-refractivity contribution is 0.0682. The van der Waals surface area contributed by atoms with Gasteiger partial charge in [0.2, 0.25) is 0 Å². The summed E-state index contributed by atoms with van der Waals surface area (Å²) in [6.45, 7) is 2.86. The van der Waals surface area contributed by atoms with Crippen LogP contribution in [0, 0.1) is 0 Å². The van der Waals surface area contributed by atoms with Crippen LogP contribution in [0.5, 0.6) is 0 Å². The lowest BCUT2D eigenvalue weighted by Crippen LogP contribution is -2.15. The number of hydrogen-bond acceptors (Lipinski definition) is 3. The van der Waals surface area contributed by atoms with Crippen LogP contribution in [0.1, 0.15) is 32.6 Å². The second-order valence-electron chi connectivity index (χ2n) is 3.60. The topological polar surface area (TPSA) is 43.4 Å². The third-order valence-electron chi connectivity index (χ3n) is 2.29. The molecule has 4 heteroatoms. The minimum Gasteiger partial charge on any atom is -0.377 e. The van der Waals surface area contributed by atoms with Crippen molar-refractivity contribution in [2.75, 3.05) is 18.1 Å². The van der Waals surface area contributed by atoms with Gasteiger partial charge in [-0.15, -0.1) is 0 Å². The van der Waals surface area contributed by atoms with E-state index in [1.807, 2.05) is 0 Å². The van der Waals surface area contributed by atoms with Crippen molar-refractivity contribution in [3.63, 3.8) is 0 Å². The molecule has 1 heterocycles. The van der Waals surface area contributed by atoms with Crippen LogP contribution >= 0.6 is 0 Å². The first-order valence-corrected chi connectivity index (χ1v) is 6.78. The van der Waals surface area contributed by atoms with Crippen molar-refractivity contribution in [1.82, 2.24) is 0 Å². The molecule has 0 aliphatic carbocycles. The van der Waals surface area contributed by atoms with Gasteiger partial charge in [0.15, 0.2) is 9.84 Å². The van der Waals surface area contributed by atoms with Crippen molar-refractivity contribution in [3.8, 4) is 0 Å². The number of ether oxygens (including phenoxy) is 1. The molecule has 78 valence electrons. The second-order valence-corrected chi connectivity index (χ2v) is 5.83. The molecular weight excluding hydrogens is 188 g/mol. The smallest absolute Gasteiger partial charge is 0.152 e. The molecule has 0 aromatic carbocycles. The Labute approximate surface area is 80.4 Å². The standard InChI is InChI=1S/C9H18O3S/c1-2-3-4-6-12-9-5-7-13(10,11)8-9/h9H,2-8H2,1H3. The zero-order valence-corrected chi connectivity index (χ0v) is 8.98. The lowest BCUT2D eigenvalue weighted by atomic mass is 10.2. The third kappa shape index (κ3) is 4.09. The van der Waals surface area contributed by atoms with Gasteiger partial charge in [-0.05, 0) is 12.8 Å². The molecule has 0 aromatic heterocycles. The maximum Gasteiger partial charge on any atom is 0.152 e. The predicted octanol–water partition coefficient (Wildman–Crippen LogP) is 1.38. The fourth-order valence-corrected chi connectivity index (χ4v) is 3.11. The molecule has 0 bridgehead atoms. The monoisotopic (exact) mass is 206 g/mol. The van der Waals surface area contributed by atoms with Gasteiger partial charge in [-0.1, -0.05) is 19.8 Å².